The van der Waals surface area contributed by atoms with Crippen LogP contribution in [-0.2, 0) is 4.79 Å². The molecule has 0 rings (SSSR count). The van der Waals surface area contributed by atoms with Crippen molar-refractivity contribution in [3.63, 3.8) is 0 Å². The molecule has 0 aliphatic heterocycles. The third-order valence-electron chi connectivity index (χ3n) is 3.55. The molecule has 0 saturated carbocycles. The van der Waals surface area contributed by atoms with E-state index in [0.717, 1.165) is 6.29 Å². The van der Waals surface area contributed by atoms with E-state index in [9.17, 15) is 4.79 Å². The number of allylic oxidation sites excluding steroid dienone is 2. The van der Waals surface area contributed by atoms with E-state index in [1.165, 1.54) is 0 Å². The van der Waals surface area contributed by atoms with Gasteiger partial charge in [0.1, 0.15) is 6.29 Å². The lowest BCUT2D eigenvalue weighted by Crippen LogP contribution is -2.40. The molecule has 0 radical (unpaired) electrons. The van der Waals surface area contributed by atoms with Gasteiger partial charge in [-0.3, -0.25) is 4.79 Å². The molecule has 76 valence electrons. The second kappa shape index (κ2) is 4.23. The number of carbonyl (C=O) groups excluding carboxylic acids is 1. The van der Waals surface area contributed by atoms with Crippen LogP contribution in [0.1, 0.15) is 27.7 Å². The Morgan fingerprint density at radius 2 is 1.69 bits per heavy atom. The summed E-state index contributed by atoms with van der Waals surface area (Å²) >= 11 is 0. The topological polar surface area (TPSA) is 17.1 Å². The van der Waals surface area contributed by atoms with Gasteiger partial charge in [-0.05, 0) is 16.7 Å². The second-order valence-corrected chi connectivity index (χ2v) is 11.1. The van der Waals surface area contributed by atoms with Crippen molar-refractivity contribution in [2.24, 2.45) is 0 Å². The van der Waals surface area contributed by atoms with Crippen LogP contribution in [-0.4, -0.2) is 14.4 Å². The van der Waals surface area contributed by atoms with Crippen molar-refractivity contribution in [2.45, 2.75) is 51.4 Å². The summed E-state index contributed by atoms with van der Waals surface area (Å²) in [6, 6.07) is 0. The summed E-state index contributed by atoms with van der Waals surface area (Å²) in [6.45, 7) is 13.9. The van der Waals surface area contributed by atoms with Crippen LogP contribution < -0.4 is 0 Å². The van der Waals surface area contributed by atoms with Gasteiger partial charge in [0, 0.05) is 0 Å². The molecule has 0 N–H and O–H groups in total. The third kappa shape index (κ3) is 3.11. The van der Waals surface area contributed by atoms with E-state index in [1.54, 1.807) is 6.08 Å². The van der Waals surface area contributed by atoms with Gasteiger partial charge in [-0.2, -0.15) is 0 Å². The zero-order valence-electron chi connectivity index (χ0n) is 9.72. The summed E-state index contributed by atoms with van der Waals surface area (Å²) in [7, 11) is -1.29. The Labute approximate surface area is 83.2 Å². The molecule has 0 aliphatic rings. The monoisotopic (exact) mass is 198 g/mol. The fraction of sp³-hybridized carbons (Fsp3) is 0.727. The van der Waals surface area contributed by atoms with Crippen LogP contribution >= 0.6 is 0 Å². The molecule has 1 atom stereocenters. The Morgan fingerprint density at radius 1 is 1.23 bits per heavy atom. The van der Waals surface area contributed by atoms with E-state index < -0.39 is 8.07 Å². The predicted molar refractivity (Wildman–Crippen MR) is 61.8 cm³/mol. The first-order chi connectivity index (χ1) is 5.73. The van der Waals surface area contributed by atoms with E-state index >= 15 is 0 Å². The zero-order valence-corrected chi connectivity index (χ0v) is 10.7. The van der Waals surface area contributed by atoms with E-state index in [4.69, 9.17) is 0 Å². The smallest absolute Gasteiger partial charge is 0.142 e. The molecule has 13 heavy (non-hydrogen) atoms. The maximum Gasteiger partial charge on any atom is 0.142 e. The second-order valence-electron chi connectivity index (χ2n) is 5.28. The van der Waals surface area contributed by atoms with E-state index in [2.05, 4.69) is 40.8 Å². The molecule has 0 bridgehead atoms. The molecule has 2 heteroatoms. The Hall–Kier alpha value is -0.373. The van der Waals surface area contributed by atoms with Gasteiger partial charge in [0.25, 0.3) is 0 Å². The average molecular weight is 198 g/mol. The molecule has 0 saturated heterocycles. The van der Waals surface area contributed by atoms with E-state index in [-0.39, 0.29) is 0 Å². The highest BCUT2D eigenvalue weighted by atomic mass is 28.3. The Kier molecular flexibility index (Phi) is 4.10. The highest BCUT2D eigenvalue weighted by Gasteiger charge is 2.38. The van der Waals surface area contributed by atoms with Crippen LogP contribution in [0.25, 0.3) is 0 Å². The minimum absolute atomic E-state index is 0.389. The molecule has 0 aromatic rings. The van der Waals surface area contributed by atoms with Gasteiger partial charge in [-0.15, -0.1) is 0 Å². The van der Waals surface area contributed by atoms with Gasteiger partial charge >= 0.3 is 0 Å². The van der Waals surface area contributed by atoms with Crippen molar-refractivity contribution in [2.75, 3.05) is 0 Å². The number of hydrogen-bond donors (Lipinski definition) is 0. The molecule has 1 nitrogen and oxygen atoms in total. The quantitative estimate of drug-likeness (QED) is 0.384. The normalized spacial score (nSPS) is 16.2. The first-order valence-electron chi connectivity index (χ1n) is 4.85. The highest BCUT2D eigenvalue weighted by Crippen LogP contribution is 2.43. The molecule has 0 aromatic carbocycles. The lowest BCUT2D eigenvalue weighted by Gasteiger charge is -2.40. The molecule has 0 heterocycles. The first kappa shape index (κ1) is 12.6. The fourth-order valence-corrected chi connectivity index (χ4v) is 3.09. The van der Waals surface area contributed by atoms with Crippen LogP contribution in [0, 0.1) is 0 Å². The van der Waals surface area contributed by atoms with Gasteiger partial charge in [0.15, 0.2) is 0 Å². The summed E-state index contributed by atoms with van der Waals surface area (Å²) in [5, 5.41) is 0.389. The van der Waals surface area contributed by atoms with E-state index in [1.807, 2.05) is 6.08 Å². The summed E-state index contributed by atoms with van der Waals surface area (Å²) in [5.41, 5.74) is 0.553. The lowest BCUT2D eigenvalue weighted by atomic mass is 10.2. The molecule has 0 aliphatic carbocycles. The maximum absolute atomic E-state index is 10.2. The van der Waals surface area contributed by atoms with Gasteiger partial charge in [0.2, 0.25) is 0 Å². The number of aldehydes is 1. The molecule has 0 spiro atoms. The molecular formula is C11H22OSi. The van der Waals surface area contributed by atoms with Gasteiger partial charge in [-0.1, -0.05) is 46.9 Å². The predicted octanol–water partition coefficient (Wildman–Crippen LogP) is 3.64. The number of rotatable bonds is 3. The Bertz CT molecular complexity index is 199. The Morgan fingerprint density at radius 3 is 2.00 bits per heavy atom. The van der Waals surface area contributed by atoms with Crippen LogP contribution in [0.3, 0.4) is 0 Å². The van der Waals surface area contributed by atoms with Crippen molar-refractivity contribution in [3.05, 3.63) is 12.2 Å². The maximum atomic E-state index is 10.2. The molecule has 0 unspecified atom stereocenters. The van der Waals surface area contributed by atoms with Crippen LogP contribution in [0.15, 0.2) is 12.2 Å². The fourth-order valence-electron chi connectivity index (χ4n) is 1.14. The minimum atomic E-state index is -1.29. The van der Waals surface area contributed by atoms with Crippen molar-refractivity contribution in [3.8, 4) is 0 Å². The van der Waals surface area contributed by atoms with Crippen molar-refractivity contribution >= 4 is 14.4 Å². The van der Waals surface area contributed by atoms with Crippen molar-refractivity contribution in [1.29, 1.82) is 0 Å². The summed E-state index contributed by atoms with van der Waals surface area (Å²) in [5.74, 6) is 0. The SMILES string of the molecule is C[C@@H](/C=C\C=O)[Si](C)(C)C(C)(C)C. The van der Waals surface area contributed by atoms with E-state index in [0.29, 0.717) is 10.6 Å². The summed E-state index contributed by atoms with van der Waals surface area (Å²) in [4.78, 5) is 10.2. The molecule has 0 amide bonds. The molecule has 0 fully saturated rings. The lowest BCUT2D eigenvalue weighted by molar-refractivity contribution is -0.104. The van der Waals surface area contributed by atoms with Crippen molar-refractivity contribution < 1.29 is 4.79 Å². The van der Waals surface area contributed by atoms with Crippen LogP contribution in [0.5, 0.6) is 0 Å². The van der Waals surface area contributed by atoms with Crippen molar-refractivity contribution in [1.82, 2.24) is 0 Å². The third-order valence-corrected chi connectivity index (χ3v) is 9.88. The first-order valence-corrected chi connectivity index (χ1v) is 7.93. The van der Waals surface area contributed by atoms with Gasteiger partial charge < -0.3 is 0 Å². The molecular weight excluding hydrogens is 176 g/mol. The average Bonchev–Trinajstić information content (AvgIpc) is 1.97. The molecule has 0 aromatic heterocycles. The van der Waals surface area contributed by atoms with Gasteiger partial charge in [-0.25, -0.2) is 0 Å². The Balaban J connectivity index is 4.63. The van der Waals surface area contributed by atoms with Crippen LogP contribution in [0.2, 0.25) is 23.7 Å². The zero-order chi connectivity index (χ0) is 10.7. The van der Waals surface area contributed by atoms with Gasteiger partial charge in [0.05, 0.1) is 8.07 Å². The summed E-state index contributed by atoms with van der Waals surface area (Å²) in [6.07, 6.45) is 4.54. The minimum Gasteiger partial charge on any atom is -0.299 e. The number of carbonyl (C=O) groups is 1. The summed E-state index contributed by atoms with van der Waals surface area (Å²) < 4.78 is 0. The standard InChI is InChI=1S/C11H22OSi/c1-10(8-7-9-12)13(5,6)11(2,3)4/h7-10H,1-6H3/b8-7-/t10-/m0/s1. The highest BCUT2D eigenvalue weighted by molar-refractivity contribution is 6.81. The van der Waals surface area contributed by atoms with Crippen LogP contribution in [0.4, 0.5) is 0 Å². The number of hydrogen-bond acceptors (Lipinski definition) is 1. The largest absolute Gasteiger partial charge is 0.299 e.